The monoisotopic (exact) mass is 482 g/mol. The molecule has 3 aliphatic rings. The van der Waals surface area contributed by atoms with Gasteiger partial charge in [0.1, 0.15) is 6.10 Å². The molecule has 0 heterocycles. The highest BCUT2D eigenvalue weighted by atomic mass is 32.2. The van der Waals surface area contributed by atoms with E-state index in [2.05, 4.69) is 60.7 Å². The maximum Gasteiger partial charge on any atom is 0.297 e. The number of hydrogen-bond acceptors (Lipinski definition) is 3. The Morgan fingerprint density at radius 1 is 0.629 bits per heavy atom. The van der Waals surface area contributed by atoms with Gasteiger partial charge in [-0.2, -0.15) is 8.42 Å². The van der Waals surface area contributed by atoms with Crippen LogP contribution in [0, 0.1) is 6.92 Å². The molecule has 3 aliphatic carbocycles. The summed E-state index contributed by atoms with van der Waals surface area (Å²) < 4.78 is 32.1. The van der Waals surface area contributed by atoms with Gasteiger partial charge in [-0.25, -0.2) is 0 Å². The van der Waals surface area contributed by atoms with Gasteiger partial charge in [-0.1, -0.05) is 90.5 Å². The molecule has 4 aromatic carbocycles. The molecule has 4 aromatic rings. The zero-order valence-electron chi connectivity index (χ0n) is 20.0. The van der Waals surface area contributed by atoms with Crippen LogP contribution in [0.4, 0.5) is 0 Å². The highest BCUT2D eigenvalue weighted by Gasteiger charge is 2.24. The van der Waals surface area contributed by atoms with Gasteiger partial charge in [-0.3, -0.25) is 4.18 Å². The van der Waals surface area contributed by atoms with Crippen molar-refractivity contribution >= 4 is 10.1 Å². The number of fused-ring (bicyclic) bond motifs is 2. The van der Waals surface area contributed by atoms with Gasteiger partial charge in [0.2, 0.25) is 0 Å². The van der Waals surface area contributed by atoms with Crippen LogP contribution in [0.15, 0.2) is 102 Å². The highest BCUT2D eigenvalue weighted by Crippen LogP contribution is 2.29. The predicted octanol–water partition coefficient (Wildman–Crippen LogP) is 6.57. The Kier molecular flexibility index (Phi) is 6.85. The largest absolute Gasteiger partial charge is 0.297 e. The smallest absolute Gasteiger partial charge is 0.258 e. The topological polar surface area (TPSA) is 43.4 Å². The van der Waals surface area contributed by atoms with Crippen molar-refractivity contribution < 1.29 is 12.6 Å². The molecule has 0 aliphatic heterocycles. The van der Waals surface area contributed by atoms with Crippen molar-refractivity contribution in [1.29, 1.82) is 0 Å². The van der Waals surface area contributed by atoms with Crippen LogP contribution in [0.2, 0.25) is 0 Å². The summed E-state index contributed by atoms with van der Waals surface area (Å²) >= 11 is 0. The predicted molar refractivity (Wildman–Crippen MR) is 140 cm³/mol. The lowest BCUT2D eigenvalue weighted by Crippen LogP contribution is -2.15. The van der Waals surface area contributed by atoms with E-state index in [1.807, 2.05) is 19.1 Å². The Balaban J connectivity index is 1.48. The maximum atomic E-state index is 13.1. The lowest BCUT2D eigenvalue weighted by Gasteiger charge is -2.19. The molecule has 0 aromatic heterocycles. The van der Waals surface area contributed by atoms with Crippen LogP contribution in [-0.2, 0) is 46.4 Å². The second-order valence-electron chi connectivity index (χ2n) is 9.43. The average molecular weight is 483 g/mol. The fourth-order valence-electron chi connectivity index (χ4n) is 4.59. The van der Waals surface area contributed by atoms with Gasteiger partial charge in [-0.15, -0.1) is 0 Å². The minimum atomic E-state index is -3.91. The Labute approximate surface area is 208 Å². The molecule has 0 amide bonds. The van der Waals surface area contributed by atoms with Gasteiger partial charge in [0, 0.05) is 6.42 Å². The summed E-state index contributed by atoms with van der Waals surface area (Å²) in [4.78, 5) is 0.181. The third kappa shape index (κ3) is 5.90. The van der Waals surface area contributed by atoms with Crippen molar-refractivity contribution in [3.63, 3.8) is 0 Å². The van der Waals surface area contributed by atoms with Gasteiger partial charge in [0.05, 0.1) is 4.90 Å². The molecule has 0 radical (unpaired) electrons. The Morgan fingerprint density at radius 3 is 1.74 bits per heavy atom. The molecule has 6 bridgehead atoms. The number of aryl methyl sites for hydroxylation is 5. The molecular formula is C31H30O3S. The minimum Gasteiger partial charge on any atom is -0.258 e. The van der Waals surface area contributed by atoms with E-state index in [1.165, 1.54) is 22.3 Å². The van der Waals surface area contributed by atoms with E-state index in [0.717, 1.165) is 42.4 Å². The summed E-state index contributed by atoms with van der Waals surface area (Å²) in [7, 11) is -3.91. The highest BCUT2D eigenvalue weighted by molar-refractivity contribution is 7.86. The molecule has 0 N–H and O–H groups in total. The van der Waals surface area contributed by atoms with Crippen LogP contribution in [0.3, 0.4) is 0 Å². The molecule has 0 saturated carbocycles. The van der Waals surface area contributed by atoms with E-state index in [-0.39, 0.29) is 4.90 Å². The second-order valence-corrected chi connectivity index (χ2v) is 11.0. The molecule has 0 spiro atoms. The summed E-state index contributed by atoms with van der Waals surface area (Å²) in [6, 6.07) is 32.3. The summed E-state index contributed by atoms with van der Waals surface area (Å²) in [5.74, 6) is 0. The van der Waals surface area contributed by atoms with Crippen LogP contribution in [0.5, 0.6) is 0 Å². The molecule has 4 heteroatoms. The summed E-state index contributed by atoms with van der Waals surface area (Å²) in [5, 5.41) is 0. The maximum absolute atomic E-state index is 13.1. The van der Waals surface area contributed by atoms with Crippen LogP contribution in [0.25, 0.3) is 0 Å². The van der Waals surface area contributed by atoms with Gasteiger partial charge >= 0.3 is 0 Å². The fraction of sp³-hybridized carbons (Fsp3) is 0.226. The van der Waals surface area contributed by atoms with Crippen LogP contribution < -0.4 is 0 Å². The van der Waals surface area contributed by atoms with Crippen molar-refractivity contribution in [1.82, 2.24) is 0 Å². The van der Waals surface area contributed by atoms with E-state index in [4.69, 9.17) is 4.18 Å². The molecule has 0 saturated heterocycles. The first-order chi connectivity index (χ1) is 16.9. The standard InChI is InChI=1S/C31H30O3S/c1-23-5-19-30(20-6-23)35(32,33)34-31-22-28-13-9-24(10-14-28)7-11-26-3-2-4-27(21-26)12-8-25-15-17-29(31)18-16-25/h2-6,9-10,13-21,31H,7-8,11-12,22H2,1H3. The zero-order valence-corrected chi connectivity index (χ0v) is 20.8. The van der Waals surface area contributed by atoms with Crippen LogP contribution in [0.1, 0.15) is 45.0 Å². The van der Waals surface area contributed by atoms with E-state index < -0.39 is 16.2 Å². The van der Waals surface area contributed by atoms with Gasteiger partial charge in [-0.05, 0) is 78.1 Å². The van der Waals surface area contributed by atoms with Crippen LogP contribution >= 0.6 is 0 Å². The Hall–Kier alpha value is -3.21. The average Bonchev–Trinajstić information content (AvgIpc) is 2.87. The normalized spacial score (nSPS) is 16.2. The van der Waals surface area contributed by atoms with Crippen molar-refractivity contribution in [2.45, 2.75) is 50.0 Å². The minimum absolute atomic E-state index is 0.181. The third-order valence-electron chi connectivity index (χ3n) is 6.74. The molecule has 7 rings (SSSR count). The Morgan fingerprint density at radius 2 is 1.14 bits per heavy atom. The van der Waals surface area contributed by atoms with Crippen molar-refractivity contribution in [2.24, 2.45) is 0 Å². The fourth-order valence-corrected chi connectivity index (χ4v) is 5.66. The number of hydrogen-bond donors (Lipinski definition) is 0. The first-order valence-corrected chi connectivity index (χ1v) is 13.6. The molecule has 178 valence electrons. The van der Waals surface area contributed by atoms with E-state index in [1.54, 1.807) is 24.3 Å². The SMILES string of the molecule is Cc1ccc(S(=O)(=O)OC2Cc3ccc(cc3)CCc3cccc(c3)CCc3ccc2cc3)cc1. The lowest BCUT2D eigenvalue weighted by molar-refractivity contribution is 0.213. The molecule has 3 nitrogen and oxygen atoms in total. The first-order valence-electron chi connectivity index (χ1n) is 12.2. The van der Waals surface area contributed by atoms with Gasteiger partial charge in [0.25, 0.3) is 10.1 Å². The second kappa shape index (κ2) is 10.2. The van der Waals surface area contributed by atoms with E-state index in [0.29, 0.717) is 6.42 Å². The quantitative estimate of drug-likeness (QED) is 0.310. The Bertz CT molecular complexity index is 1390. The first kappa shape index (κ1) is 23.5. The molecular weight excluding hydrogens is 452 g/mol. The molecule has 1 unspecified atom stereocenters. The van der Waals surface area contributed by atoms with E-state index >= 15 is 0 Å². The molecule has 35 heavy (non-hydrogen) atoms. The molecule has 0 fully saturated rings. The summed E-state index contributed by atoms with van der Waals surface area (Å²) in [6.07, 6.45) is 3.77. The zero-order chi connectivity index (χ0) is 24.3. The number of benzene rings is 4. The summed E-state index contributed by atoms with van der Waals surface area (Å²) in [5.41, 5.74) is 8.13. The van der Waals surface area contributed by atoms with Crippen molar-refractivity contribution in [3.8, 4) is 0 Å². The van der Waals surface area contributed by atoms with Crippen molar-refractivity contribution in [3.05, 3.63) is 136 Å². The molecule has 1 atom stereocenters. The van der Waals surface area contributed by atoms with E-state index in [9.17, 15) is 8.42 Å². The van der Waals surface area contributed by atoms with Crippen molar-refractivity contribution in [2.75, 3.05) is 0 Å². The van der Waals surface area contributed by atoms with Crippen LogP contribution in [-0.4, -0.2) is 8.42 Å². The van der Waals surface area contributed by atoms with Gasteiger partial charge < -0.3 is 0 Å². The van der Waals surface area contributed by atoms with Gasteiger partial charge in [0.15, 0.2) is 0 Å². The lowest BCUT2D eigenvalue weighted by atomic mass is 9.98. The number of rotatable bonds is 3. The third-order valence-corrected chi connectivity index (χ3v) is 8.08. The summed E-state index contributed by atoms with van der Waals surface area (Å²) in [6.45, 7) is 1.93.